The molecule has 0 aliphatic heterocycles. The van der Waals surface area contributed by atoms with Crippen LogP contribution < -0.4 is 10.1 Å². The van der Waals surface area contributed by atoms with Crippen LogP contribution in [0.15, 0.2) is 18.3 Å². The van der Waals surface area contributed by atoms with Gasteiger partial charge < -0.3 is 10.1 Å². The number of pyridine rings is 1. The number of thiol groups is 1. The molecule has 0 bridgehead atoms. The van der Waals surface area contributed by atoms with Gasteiger partial charge in [-0.05, 0) is 12.1 Å². The predicted molar refractivity (Wildman–Crippen MR) is 62.0 cm³/mol. The summed E-state index contributed by atoms with van der Waals surface area (Å²) in [6, 6.07) is 2.78. The Morgan fingerprint density at radius 1 is 1.50 bits per heavy atom. The first-order chi connectivity index (χ1) is 8.44. The van der Waals surface area contributed by atoms with Crippen LogP contribution in [0.1, 0.15) is 10.4 Å². The van der Waals surface area contributed by atoms with Gasteiger partial charge in [0.15, 0.2) is 6.61 Å². The number of ether oxygens (including phenoxy) is 1. The number of nitrogens with zero attached hydrogens (tertiary/aromatic N) is 1. The monoisotopic (exact) mass is 280 g/mol. The van der Waals surface area contributed by atoms with E-state index in [0.717, 1.165) is 0 Å². The second-order valence-electron chi connectivity index (χ2n) is 3.24. The van der Waals surface area contributed by atoms with Crippen LogP contribution in [-0.4, -0.2) is 36.0 Å². The van der Waals surface area contributed by atoms with Gasteiger partial charge in [0.1, 0.15) is 5.56 Å². The normalized spacial score (nSPS) is 11.1. The highest BCUT2D eigenvalue weighted by Gasteiger charge is 2.29. The molecule has 0 unspecified atom stereocenters. The molecule has 1 aromatic rings. The number of carbonyl (C=O) groups excluding carboxylic acids is 1. The van der Waals surface area contributed by atoms with E-state index in [4.69, 9.17) is 0 Å². The molecule has 8 heteroatoms. The minimum absolute atomic E-state index is 0.0384. The lowest BCUT2D eigenvalue weighted by atomic mass is 10.2. The number of rotatable bonds is 5. The summed E-state index contributed by atoms with van der Waals surface area (Å²) in [4.78, 5) is 15.2. The zero-order chi connectivity index (χ0) is 13.6. The SMILES string of the molecule is O=C(NCCS)c1cccnc1OCC(F)(F)F. The van der Waals surface area contributed by atoms with Crippen molar-refractivity contribution in [2.24, 2.45) is 0 Å². The van der Waals surface area contributed by atoms with Gasteiger partial charge in [0.2, 0.25) is 5.88 Å². The summed E-state index contributed by atoms with van der Waals surface area (Å²) in [5, 5.41) is 2.47. The van der Waals surface area contributed by atoms with Gasteiger partial charge in [-0.1, -0.05) is 0 Å². The fourth-order valence-electron chi connectivity index (χ4n) is 1.09. The van der Waals surface area contributed by atoms with Crippen LogP contribution in [0.2, 0.25) is 0 Å². The highest BCUT2D eigenvalue weighted by Crippen LogP contribution is 2.19. The summed E-state index contributed by atoms with van der Waals surface area (Å²) in [7, 11) is 0. The van der Waals surface area contributed by atoms with Crippen molar-refractivity contribution in [1.82, 2.24) is 10.3 Å². The number of alkyl halides is 3. The number of hydrogen-bond donors (Lipinski definition) is 2. The van der Waals surface area contributed by atoms with Gasteiger partial charge in [-0.25, -0.2) is 4.98 Å². The van der Waals surface area contributed by atoms with Gasteiger partial charge in [-0.3, -0.25) is 4.79 Å². The topological polar surface area (TPSA) is 51.2 Å². The van der Waals surface area contributed by atoms with Crippen molar-refractivity contribution >= 4 is 18.5 Å². The molecule has 1 N–H and O–H groups in total. The lowest BCUT2D eigenvalue weighted by Crippen LogP contribution is -2.27. The maximum Gasteiger partial charge on any atom is 0.422 e. The molecule has 0 aromatic carbocycles. The van der Waals surface area contributed by atoms with Crippen LogP contribution in [0, 0.1) is 0 Å². The summed E-state index contributed by atoms with van der Waals surface area (Å²) in [5.41, 5.74) is -0.0384. The Morgan fingerprint density at radius 2 is 2.22 bits per heavy atom. The molecule has 1 rings (SSSR count). The third-order valence-electron chi connectivity index (χ3n) is 1.79. The van der Waals surface area contributed by atoms with E-state index in [1.807, 2.05) is 0 Å². The second kappa shape index (κ2) is 6.48. The van der Waals surface area contributed by atoms with E-state index in [0.29, 0.717) is 12.3 Å². The van der Waals surface area contributed by atoms with E-state index < -0.39 is 18.7 Å². The fraction of sp³-hybridized carbons (Fsp3) is 0.400. The number of carbonyl (C=O) groups is 1. The molecule has 18 heavy (non-hydrogen) atoms. The standard InChI is InChI=1S/C10H11F3N2O2S/c11-10(12,13)6-17-9-7(2-1-3-15-9)8(16)14-4-5-18/h1-3,18H,4-6H2,(H,14,16). The lowest BCUT2D eigenvalue weighted by molar-refractivity contribution is -0.154. The summed E-state index contributed by atoms with van der Waals surface area (Å²) >= 11 is 3.90. The van der Waals surface area contributed by atoms with Gasteiger partial charge in [-0.15, -0.1) is 0 Å². The maximum absolute atomic E-state index is 12.0. The Hall–Kier alpha value is -1.44. The third-order valence-corrected chi connectivity index (χ3v) is 2.01. The summed E-state index contributed by atoms with van der Waals surface area (Å²) in [6.45, 7) is -1.19. The molecule has 0 fully saturated rings. The Labute approximate surface area is 107 Å². The summed E-state index contributed by atoms with van der Waals surface area (Å²) < 4.78 is 40.5. The molecule has 0 saturated carbocycles. The number of nitrogens with one attached hydrogen (secondary N) is 1. The highest BCUT2D eigenvalue weighted by molar-refractivity contribution is 7.80. The van der Waals surface area contributed by atoms with Crippen LogP contribution in [0.5, 0.6) is 5.88 Å². The Kier molecular flexibility index (Phi) is 5.26. The first-order valence-corrected chi connectivity index (χ1v) is 5.61. The van der Waals surface area contributed by atoms with Crippen molar-refractivity contribution in [2.75, 3.05) is 18.9 Å². The van der Waals surface area contributed by atoms with Crippen molar-refractivity contribution in [1.29, 1.82) is 0 Å². The molecular weight excluding hydrogens is 269 g/mol. The Balaban J connectivity index is 2.76. The van der Waals surface area contributed by atoms with Crippen LogP contribution in [0.25, 0.3) is 0 Å². The van der Waals surface area contributed by atoms with E-state index in [1.165, 1.54) is 18.3 Å². The van der Waals surface area contributed by atoms with Crippen molar-refractivity contribution in [2.45, 2.75) is 6.18 Å². The van der Waals surface area contributed by atoms with Crippen molar-refractivity contribution < 1.29 is 22.7 Å². The molecule has 1 aromatic heterocycles. The molecule has 0 radical (unpaired) electrons. The van der Waals surface area contributed by atoms with Crippen LogP contribution in [-0.2, 0) is 0 Å². The number of aromatic nitrogens is 1. The maximum atomic E-state index is 12.0. The van der Waals surface area contributed by atoms with E-state index in [2.05, 4.69) is 27.7 Å². The number of hydrogen-bond acceptors (Lipinski definition) is 4. The predicted octanol–water partition coefficient (Wildman–Crippen LogP) is 1.68. The smallest absolute Gasteiger partial charge is 0.422 e. The summed E-state index contributed by atoms with van der Waals surface area (Å²) in [5.74, 6) is -0.467. The van der Waals surface area contributed by atoms with E-state index in [9.17, 15) is 18.0 Å². The fourth-order valence-corrected chi connectivity index (χ4v) is 1.21. The van der Waals surface area contributed by atoms with Crippen LogP contribution >= 0.6 is 12.6 Å². The quantitative estimate of drug-likeness (QED) is 0.807. The average molecular weight is 280 g/mol. The summed E-state index contributed by atoms with van der Waals surface area (Å²) in [6.07, 6.45) is -3.22. The Bertz CT molecular complexity index is 412. The third kappa shape index (κ3) is 4.82. The minimum Gasteiger partial charge on any atom is -0.467 e. The van der Waals surface area contributed by atoms with Crippen LogP contribution in [0.3, 0.4) is 0 Å². The molecule has 4 nitrogen and oxygen atoms in total. The molecule has 1 amide bonds. The first kappa shape index (κ1) is 14.6. The van der Waals surface area contributed by atoms with Gasteiger partial charge in [-0.2, -0.15) is 25.8 Å². The zero-order valence-corrected chi connectivity index (χ0v) is 10.1. The van der Waals surface area contributed by atoms with E-state index in [-0.39, 0.29) is 11.4 Å². The van der Waals surface area contributed by atoms with Crippen molar-refractivity contribution in [3.05, 3.63) is 23.9 Å². The van der Waals surface area contributed by atoms with E-state index in [1.54, 1.807) is 0 Å². The lowest BCUT2D eigenvalue weighted by Gasteiger charge is -2.11. The van der Waals surface area contributed by atoms with Crippen molar-refractivity contribution in [3.63, 3.8) is 0 Å². The van der Waals surface area contributed by atoms with E-state index >= 15 is 0 Å². The van der Waals surface area contributed by atoms with Gasteiger partial charge >= 0.3 is 6.18 Å². The molecule has 0 aliphatic rings. The molecular formula is C10H11F3N2O2S. The minimum atomic E-state index is -4.48. The first-order valence-electron chi connectivity index (χ1n) is 4.97. The molecule has 0 saturated heterocycles. The largest absolute Gasteiger partial charge is 0.467 e. The van der Waals surface area contributed by atoms with Gasteiger partial charge in [0, 0.05) is 18.5 Å². The Morgan fingerprint density at radius 3 is 2.83 bits per heavy atom. The van der Waals surface area contributed by atoms with Gasteiger partial charge in [0.05, 0.1) is 0 Å². The number of halogens is 3. The van der Waals surface area contributed by atoms with Crippen molar-refractivity contribution in [3.8, 4) is 5.88 Å². The molecule has 0 atom stereocenters. The van der Waals surface area contributed by atoms with Gasteiger partial charge in [0.25, 0.3) is 5.91 Å². The molecule has 0 aliphatic carbocycles. The molecule has 0 spiro atoms. The highest BCUT2D eigenvalue weighted by atomic mass is 32.1. The van der Waals surface area contributed by atoms with Crippen LogP contribution in [0.4, 0.5) is 13.2 Å². The second-order valence-corrected chi connectivity index (χ2v) is 3.69. The molecule has 1 heterocycles. The zero-order valence-electron chi connectivity index (χ0n) is 9.20. The number of amides is 1. The average Bonchev–Trinajstić information content (AvgIpc) is 2.33. The molecule has 100 valence electrons.